The highest BCUT2D eigenvalue weighted by molar-refractivity contribution is 6.24. The maximum Gasteiger partial charge on any atom is 0.299 e. The summed E-state index contributed by atoms with van der Waals surface area (Å²) in [5.74, 6) is -4.38. The second kappa shape index (κ2) is 2.41. The molecule has 0 aromatic rings. The molecule has 1 rings (SSSR count). The van der Waals surface area contributed by atoms with Gasteiger partial charge in [-0.2, -0.15) is 0 Å². The van der Waals surface area contributed by atoms with Gasteiger partial charge in [0.25, 0.3) is 11.1 Å². The molecule has 1 aliphatic rings. The zero-order valence-electron chi connectivity index (χ0n) is 5.95. The first-order chi connectivity index (χ1) is 4.88. The smallest absolute Gasteiger partial charge is 0.219 e. The minimum absolute atomic E-state index is 0.614. The Balaban J connectivity index is 2.96. The third-order valence-electron chi connectivity index (χ3n) is 1.86. The topological polar surface area (TPSA) is 0 Å². The van der Waals surface area contributed by atoms with Gasteiger partial charge in [0.2, 0.25) is 0 Å². The molecule has 0 nitrogen and oxygen atoms in total. The second-order valence-electron chi connectivity index (χ2n) is 2.75. The molecule has 4 heteroatoms. The van der Waals surface area contributed by atoms with Gasteiger partial charge in [-0.1, -0.05) is 30.7 Å². The van der Waals surface area contributed by atoms with Gasteiger partial charge < -0.3 is 0 Å². The first-order valence-corrected chi connectivity index (χ1v) is 3.68. The summed E-state index contributed by atoms with van der Waals surface area (Å²) in [6, 6.07) is 0. The monoisotopic (exact) mass is 184 g/mol. The highest BCUT2D eigenvalue weighted by Gasteiger charge is 2.57. The predicted octanol–water partition coefficient (Wildman–Crippen LogP) is 3.12. The van der Waals surface area contributed by atoms with Gasteiger partial charge in [-0.05, 0) is 0 Å². The Morgan fingerprint density at radius 2 is 2.00 bits per heavy atom. The van der Waals surface area contributed by atoms with Crippen LogP contribution in [-0.2, 0) is 0 Å². The van der Waals surface area contributed by atoms with Crippen LogP contribution in [0.3, 0.4) is 0 Å². The van der Waals surface area contributed by atoms with Crippen molar-refractivity contribution >= 4 is 11.6 Å². The van der Waals surface area contributed by atoms with E-state index in [2.05, 4.69) is 0 Å². The summed E-state index contributed by atoms with van der Waals surface area (Å²) in [6.45, 7) is 1.33. The van der Waals surface area contributed by atoms with Crippen LogP contribution in [0.5, 0.6) is 0 Å². The van der Waals surface area contributed by atoms with Crippen LogP contribution in [0, 0.1) is 5.92 Å². The summed E-state index contributed by atoms with van der Waals surface area (Å²) in [4.78, 5) is 0. The van der Waals surface area contributed by atoms with Crippen LogP contribution in [0.2, 0.25) is 0 Å². The van der Waals surface area contributed by atoms with Crippen LogP contribution >= 0.6 is 11.6 Å². The zero-order chi connectivity index (χ0) is 8.70. The number of alkyl halides is 4. The van der Waals surface area contributed by atoms with E-state index in [1.807, 2.05) is 0 Å². The van der Waals surface area contributed by atoms with Gasteiger partial charge in [0.15, 0.2) is 0 Å². The van der Waals surface area contributed by atoms with Crippen LogP contribution in [0.15, 0.2) is 12.2 Å². The Labute approximate surface area is 68.0 Å². The lowest BCUT2D eigenvalue weighted by Gasteiger charge is -2.33. The normalized spacial score (nSPS) is 42.5. The molecule has 0 aliphatic heterocycles. The first-order valence-electron chi connectivity index (χ1n) is 3.30. The second-order valence-corrected chi connectivity index (χ2v) is 3.30. The highest BCUT2D eigenvalue weighted by atomic mass is 35.5. The number of halogens is 4. The molecule has 0 saturated heterocycles. The zero-order valence-corrected chi connectivity index (χ0v) is 6.71. The Kier molecular flexibility index (Phi) is 1.95. The Bertz CT molecular complexity index is 186. The van der Waals surface area contributed by atoms with Crippen LogP contribution in [0.1, 0.15) is 13.3 Å². The molecule has 2 atom stereocenters. The van der Waals surface area contributed by atoms with E-state index in [9.17, 15) is 13.2 Å². The Morgan fingerprint density at radius 1 is 1.45 bits per heavy atom. The summed E-state index contributed by atoms with van der Waals surface area (Å²) < 4.78 is 38.4. The summed E-state index contributed by atoms with van der Waals surface area (Å²) in [6.07, 6.45) is 2.01. The van der Waals surface area contributed by atoms with Crippen molar-refractivity contribution in [2.75, 3.05) is 0 Å². The lowest BCUT2D eigenvalue weighted by molar-refractivity contribution is -0.111. The summed E-state index contributed by atoms with van der Waals surface area (Å²) >= 11 is 5.05. The molecule has 0 heterocycles. The van der Waals surface area contributed by atoms with E-state index in [4.69, 9.17) is 11.6 Å². The van der Waals surface area contributed by atoms with Crippen LogP contribution in [0.4, 0.5) is 13.2 Å². The Hall–Kier alpha value is -0.180. The third-order valence-corrected chi connectivity index (χ3v) is 2.48. The molecule has 11 heavy (non-hydrogen) atoms. The molecular weight excluding hydrogens is 177 g/mol. The molecule has 0 aromatic heterocycles. The fourth-order valence-corrected chi connectivity index (χ4v) is 1.16. The van der Waals surface area contributed by atoms with E-state index in [1.54, 1.807) is 0 Å². The molecular formula is C7H8ClF3. The van der Waals surface area contributed by atoms with Crippen molar-refractivity contribution in [2.24, 2.45) is 5.92 Å². The molecule has 0 N–H and O–H groups in total. The molecule has 0 fully saturated rings. The van der Waals surface area contributed by atoms with E-state index in [0.717, 1.165) is 0 Å². The molecule has 0 radical (unpaired) electrons. The average Bonchev–Trinajstić information content (AvgIpc) is 1.84. The van der Waals surface area contributed by atoms with E-state index in [1.165, 1.54) is 19.1 Å². The minimum atomic E-state index is -3.44. The van der Waals surface area contributed by atoms with Crippen molar-refractivity contribution in [3.8, 4) is 0 Å². The predicted molar refractivity (Wildman–Crippen MR) is 37.6 cm³/mol. The molecule has 2 unspecified atom stereocenters. The summed E-state index contributed by atoms with van der Waals surface area (Å²) in [7, 11) is 0. The van der Waals surface area contributed by atoms with E-state index < -0.39 is 23.4 Å². The molecule has 0 saturated carbocycles. The average molecular weight is 185 g/mol. The fourth-order valence-electron chi connectivity index (χ4n) is 1.01. The quantitative estimate of drug-likeness (QED) is 0.401. The molecule has 1 aliphatic carbocycles. The van der Waals surface area contributed by atoms with Crippen LogP contribution in [0.25, 0.3) is 0 Å². The largest absolute Gasteiger partial charge is 0.299 e. The van der Waals surface area contributed by atoms with Gasteiger partial charge in [0.1, 0.15) is 0 Å². The van der Waals surface area contributed by atoms with Gasteiger partial charge in [-0.25, -0.2) is 13.2 Å². The van der Waals surface area contributed by atoms with Crippen molar-refractivity contribution in [1.29, 1.82) is 0 Å². The van der Waals surface area contributed by atoms with E-state index in [0.29, 0.717) is 0 Å². The van der Waals surface area contributed by atoms with E-state index in [-0.39, 0.29) is 0 Å². The maximum absolute atomic E-state index is 13.0. The van der Waals surface area contributed by atoms with Crippen LogP contribution in [-0.4, -0.2) is 11.1 Å². The fraction of sp³-hybridized carbons (Fsp3) is 0.714. The Morgan fingerprint density at radius 3 is 2.36 bits per heavy atom. The number of hydrogen-bond acceptors (Lipinski definition) is 0. The molecule has 0 bridgehead atoms. The van der Waals surface area contributed by atoms with Crippen molar-refractivity contribution in [3.05, 3.63) is 12.2 Å². The molecule has 0 spiro atoms. The van der Waals surface area contributed by atoms with Crippen molar-refractivity contribution in [1.82, 2.24) is 0 Å². The minimum Gasteiger partial charge on any atom is -0.219 e. The van der Waals surface area contributed by atoms with E-state index >= 15 is 0 Å². The number of allylic oxidation sites excluding steroid dienone is 2. The van der Waals surface area contributed by atoms with Gasteiger partial charge in [0, 0.05) is 12.3 Å². The summed E-state index contributed by atoms with van der Waals surface area (Å²) in [5.41, 5.74) is 0. The lowest BCUT2D eigenvalue weighted by atomic mass is 9.91. The SMILES string of the molecule is CC1C=CCC(F)(F)C1(F)Cl. The van der Waals surface area contributed by atoms with Gasteiger partial charge in [0.05, 0.1) is 0 Å². The molecule has 0 aromatic carbocycles. The third kappa shape index (κ3) is 1.26. The molecule has 0 amide bonds. The lowest BCUT2D eigenvalue weighted by Crippen LogP contribution is -2.45. The highest BCUT2D eigenvalue weighted by Crippen LogP contribution is 2.47. The van der Waals surface area contributed by atoms with Crippen LogP contribution < -0.4 is 0 Å². The standard InChI is InChI=1S/C7H8ClF3/c1-5-3-2-4-6(9,10)7(5,8)11/h2-3,5H,4H2,1H3. The maximum atomic E-state index is 13.0. The summed E-state index contributed by atoms with van der Waals surface area (Å²) in [5, 5.41) is -2.91. The number of hydrogen-bond donors (Lipinski definition) is 0. The number of rotatable bonds is 0. The van der Waals surface area contributed by atoms with Gasteiger partial charge in [-0.15, -0.1) is 0 Å². The molecule has 64 valence electrons. The van der Waals surface area contributed by atoms with Crippen molar-refractivity contribution in [2.45, 2.75) is 24.4 Å². The van der Waals surface area contributed by atoms with Crippen molar-refractivity contribution in [3.63, 3.8) is 0 Å². The van der Waals surface area contributed by atoms with Crippen molar-refractivity contribution < 1.29 is 13.2 Å². The first kappa shape index (κ1) is 8.91. The van der Waals surface area contributed by atoms with Gasteiger partial charge in [-0.3, -0.25) is 0 Å². The van der Waals surface area contributed by atoms with Gasteiger partial charge >= 0.3 is 0 Å².